The van der Waals surface area contributed by atoms with Crippen LogP contribution in [0.2, 0.25) is 0 Å². The van der Waals surface area contributed by atoms with Crippen molar-refractivity contribution >= 4 is 11.8 Å². The lowest BCUT2D eigenvalue weighted by atomic mass is 9.45. The van der Waals surface area contributed by atoms with E-state index < -0.39 is 63.8 Å². The molecule has 0 unspecified atom stereocenters. The summed E-state index contributed by atoms with van der Waals surface area (Å²) in [5.74, 6) is -1.70. The normalized spacial score (nSPS) is 40.2. The molecule has 8 nitrogen and oxygen atoms in total. The number of carbonyl (C=O) groups excluding carboxylic acids is 2. The van der Waals surface area contributed by atoms with Gasteiger partial charge in [0.1, 0.15) is 11.7 Å². The fourth-order valence-corrected chi connectivity index (χ4v) is 9.26. The van der Waals surface area contributed by atoms with Crippen LogP contribution < -0.4 is 0 Å². The summed E-state index contributed by atoms with van der Waals surface area (Å²) in [6.07, 6.45) is 1.84. The van der Waals surface area contributed by atoms with Gasteiger partial charge < -0.3 is 30.3 Å². The lowest BCUT2D eigenvalue weighted by Gasteiger charge is -2.60. The molecule has 5 rings (SSSR count). The predicted molar refractivity (Wildman–Crippen MR) is 156 cm³/mol. The second-order valence-corrected chi connectivity index (χ2v) is 14.9. The quantitative estimate of drug-likeness (QED) is 0.305. The number of aliphatic hydroxyl groups is 5. The molecule has 0 aliphatic heterocycles. The number of esters is 1. The van der Waals surface area contributed by atoms with Gasteiger partial charge in [-0.25, -0.2) is 4.79 Å². The molecule has 0 aromatic heterocycles. The van der Waals surface area contributed by atoms with Gasteiger partial charge in [0.15, 0.2) is 5.78 Å². The lowest BCUT2D eigenvalue weighted by molar-refractivity contribution is -0.177. The summed E-state index contributed by atoms with van der Waals surface area (Å²) in [6, 6.07) is 8.60. The first kappa shape index (κ1) is 31.3. The number of hydrogen-bond donors (Lipinski definition) is 5. The number of ketones is 1. The number of rotatable bonds is 7. The van der Waals surface area contributed by atoms with Crippen molar-refractivity contribution < 1.29 is 39.9 Å². The van der Waals surface area contributed by atoms with E-state index in [9.17, 15) is 35.1 Å². The largest absolute Gasteiger partial charge is 0.456 e. The van der Waals surface area contributed by atoms with Crippen LogP contribution in [0.1, 0.15) is 96.3 Å². The molecule has 8 heteroatoms. The summed E-state index contributed by atoms with van der Waals surface area (Å²) < 4.78 is 6.00. The summed E-state index contributed by atoms with van der Waals surface area (Å²) >= 11 is 0. The second kappa shape index (κ2) is 10.5. The van der Waals surface area contributed by atoms with Crippen LogP contribution in [-0.4, -0.2) is 72.4 Å². The Hall–Kier alpha value is -2.10. The highest BCUT2D eigenvalue weighted by Crippen LogP contribution is 2.68. The van der Waals surface area contributed by atoms with Crippen LogP contribution >= 0.6 is 0 Å². The third-order valence-electron chi connectivity index (χ3n) is 11.8. The average Bonchev–Trinajstić information content (AvgIpc) is 3.20. The van der Waals surface area contributed by atoms with Crippen LogP contribution in [0.25, 0.3) is 0 Å². The Balaban J connectivity index is 1.48. The van der Waals surface area contributed by atoms with Crippen molar-refractivity contribution in [2.45, 2.75) is 121 Å². The molecule has 5 N–H and O–H groups in total. The van der Waals surface area contributed by atoms with E-state index in [0.717, 1.165) is 0 Å². The van der Waals surface area contributed by atoms with Crippen LogP contribution in [0.5, 0.6) is 0 Å². The third kappa shape index (κ3) is 4.97. The predicted octanol–water partition coefficient (Wildman–Crippen LogP) is 3.72. The zero-order chi connectivity index (χ0) is 30.9. The van der Waals surface area contributed by atoms with E-state index in [0.29, 0.717) is 43.2 Å². The molecule has 4 aliphatic rings. The van der Waals surface area contributed by atoms with Gasteiger partial charge in [-0.2, -0.15) is 0 Å². The van der Waals surface area contributed by atoms with E-state index in [-0.39, 0.29) is 31.0 Å². The Morgan fingerprint density at radius 3 is 2.33 bits per heavy atom. The first-order chi connectivity index (χ1) is 19.4. The van der Waals surface area contributed by atoms with Gasteiger partial charge in [-0.1, -0.05) is 32.0 Å². The van der Waals surface area contributed by atoms with Crippen LogP contribution in [0.15, 0.2) is 42.0 Å². The minimum Gasteiger partial charge on any atom is -0.456 e. The van der Waals surface area contributed by atoms with Crippen molar-refractivity contribution in [2.75, 3.05) is 0 Å². The molecular weight excluding hydrogens is 536 g/mol. The molecule has 0 radical (unpaired) electrons. The van der Waals surface area contributed by atoms with Crippen LogP contribution in [-0.2, 0) is 9.53 Å². The van der Waals surface area contributed by atoms with Gasteiger partial charge in [0.05, 0.1) is 29.0 Å². The number of fused-ring (bicyclic) bond motifs is 5. The van der Waals surface area contributed by atoms with Crippen molar-refractivity contribution in [3.05, 3.63) is 47.5 Å². The molecule has 42 heavy (non-hydrogen) atoms. The Morgan fingerprint density at radius 2 is 1.69 bits per heavy atom. The SMILES string of the molecule is CC(C)(O)CC[C@@H](OC(=O)c1ccccc1)[C@](C)(O)[C@H]1CC[C@@]2(O)C3=CC(=O)[C@@H]4C[C@H](O)[C@H](O)C[C@]4(C)[C@H]3CC[C@]12C. The molecule has 3 fully saturated rings. The van der Waals surface area contributed by atoms with Crippen molar-refractivity contribution in [2.24, 2.45) is 28.6 Å². The van der Waals surface area contributed by atoms with Gasteiger partial charge >= 0.3 is 5.97 Å². The van der Waals surface area contributed by atoms with Crippen molar-refractivity contribution in [3.8, 4) is 0 Å². The Labute approximate surface area is 248 Å². The molecule has 232 valence electrons. The summed E-state index contributed by atoms with van der Waals surface area (Å²) in [6.45, 7) is 9.00. The maximum absolute atomic E-state index is 13.5. The summed E-state index contributed by atoms with van der Waals surface area (Å²) in [5.41, 5.74) is -4.30. The van der Waals surface area contributed by atoms with Crippen molar-refractivity contribution in [1.29, 1.82) is 0 Å². The topological polar surface area (TPSA) is 145 Å². The molecule has 0 amide bonds. The first-order valence-corrected chi connectivity index (χ1v) is 15.5. The maximum atomic E-state index is 13.5. The van der Waals surface area contributed by atoms with Crippen LogP contribution in [0.3, 0.4) is 0 Å². The van der Waals surface area contributed by atoms with Gasteiger partial charge in [-0.3, -0.25) is 4.79 Å². The highest BCUT2D eigenvalue weighted by Gasteiger charge is 2.69. The highest BCUT2D eigenvalue weighted by molar-refractivity contribution is 5.95. The Bertz CT molecular complexity index is 1230. The molecule has 0 saturated heterocycles. The van der Waals surface area contributed by atoms with E-state index in [1.807, 2.05) is 13.8 Å². The number of allylic oxidation sites excluding steroid dienone is 1. The lowest BCUT2D eigenvalue weighted by Crippen LogP contribution is -2.63. The van der Waals surface area contributed by atoms with Gasteiger partial charge in [0.2, 0.25) is 0 Å². The summed E-state index contributed by atoms with van der Waals surface area (Å²) in [4.78, 5) is 26.7. The Kier molecular flexibility index (Phi) is 7.84. The molecule has 4 aliphatic carbocycles. The third-order valence-corrected chi connectivity index (χ3v) is 11.8. The summed E-state index contributed by atoms with van der Waals surface area (Å²) in [5, 5.41) is 56.3. The van der Waals surface area contributed by atoms with E-state index >= 15 is 0 Å². The maximum Gasteiger partial charge on any atom is 0.338 e. The van der Waals surface area contributed by atoms with Crippen molar-refractivity contribution in [3.63, 3.8) is 0 Å². The average molecular weight is 585 g/mol. The summed E-state index contributed by atoms with van der Waals surface area (Å²) in [7, 11) is 0. The fraction of sp³-hybridized carbons (Fsp3) is 0.706. The van der Waals surface area contributed by atoms with Gasteiger partial charge in [0.25, 0.3) is 0 Å². The molecule has 1 aromatic rings. The number of benzene rings is 1. The number of hydrogen-bond acceptors (Lipinski definition) is 8. The number of aliphatic hydroxyl groups excluding tert-OH is 2. The monoisotopic (exact) mass is 584 g/mol. The van der Waals surface area contributed by atoms with E-state index in [1.54, 1.807) is 57.2 Å². The zero-order valence-electron chi connectivity index (χ0n) is 25.5. The van der Waals surface area contributed by atoms with Crippen LogP contribution in [0, 0.1) is 28.6 Å². The molecule has 1 aromatic carbocycles. The molecule has 0 heterocycles. The van der Waals surface area contributed by atoms with E-state index in [1.165, 1.54) is 0 Å². The fourth-order valence-electron chi connectivity index (χ4n) is 9.26. The standard InChI is InChI=1S/C34H48O8/c1-30(2,39)14-13-28(42-29(38)20-9-7-6-8-10-20)33(5,40)27-12-16-34(41)22-17-24(35)23-18-25(36)26(37)19-31(23,3)21(22)11-15-32(27,34)4/h6-10,17,21,23,25-28,36-37,39-41H,11-16,18-19H2,1-5H3/t21-,23-,25-,26+,27-,28+,31+,32+,33+,34+/m0/s1. The molecule has 10 atom stereocenters. The zero-order valence-corrected chi connectivity index (χ0v) is 25.5. The molecule has 0 bridgehead atoms. The van der Waals surface area contributed by atoms with E-state index in [2.05, 4.69) is 0 Å². The molecule has 0 spiro atoms. The van der Waals surface area contributed by atoms with Gasteiger partial charge in [-0.15, -0.1) is 0 Å². The minimum absolute atomic E-state index is 0.123. The molecule has 3 saturated carbocycles. The minimum atomic E-state index is -1.54. The molecular formula is C34H48O8. The van der Waals surface area contributed by atoms with Crippen LogP contribution in [0.4, 0.5) is 0 Å². The second-order valence-electron chi connectivity index (χ2n) is 14.9. The highest BCUT2D eigenvalue weighted by atomic mass is 16.6. The van der Waals surface area contributed by atoms with Gasteiger partial charge in [0, 0.05) is 11.3 Å². The smallest absolute Gasteiger partial charge is 0.338 e. The number of carbonyl (C=O) groups is 2. The Morgan fingerprint density at radius 1 is 1.02 bits per heavy atom. The first-order valence-electron chi connectivity index (χ1n) is 15.5. The number of ether oxygens (including phenoxy) is 1. The van der Waals surface area contributed by atoms with Crippen molar-refractivity contribution in [1.82, 2.24) is 0 Å². The van der Waals surface area contributed by atoms with E-state index in [4.69, 9.17) is 4.74 Å². The van der Waals surface area contributed by atoms with Gasteiger partial charge in [-0.05, 0) is 113 Å².